The monoisotopic (exact) mass is 474 g/mol. The largest absolute Gasteiger partial charge is 0.352 e. The second kappa shape index (κ2) is 9.25. The summed E-state index contributed by atoms with van der Waals surface area (Å²) in [7, 11) is -3.89. The predicted molar refractivity (Wildman–Crippen MR) is 121 cm³/mol. The molecule has 0 atom stereocenters. The standard InChI is InChI=1S/C21H23ClN6O3S/c1-14-10-11-16(12-18(14)22)32(30,31)26-19-9-5-4-8-17(19)21-24-27-28(25-21)13-20(29)23-15-6-2-3-7-15/h4-5,8-12,15,26H,2-3,6-7,13H2,1H3,(H,23,29). The Hall–Kier alpha value is -2.98. The van der Waals surface area contributed by atoms with Gasteiger partial charge in [0, 0.05) is 16.6 Å². The molecule has 0 bridgehead atoms. The second-order valence-corrected chi connectivity index (χ2v) is 9.84. The van der Waals surface area contributed by atoms with Gasteiger partial charge in [-0.1, -0.05) is 42.6 Å². The summed E-state index contributed by atoms with van der Waals surface area (Å²) in [5.41, 5.74) is 1.51. The maximum Gasteiger partial charge on any atom is 0.261 e. The van der Waals surface area contributed by atoms with Crippen LogP contribution in [0.4, 0.5) is 5.69 Å². The fraction of sp³-hybridized carbons (Fsp3) is 0.333. The molecule has 32 heavy (non-hydrogen) atoms. The zero-order chi connectivity index (χ0) is 22.7. The molecule has 1 fully saturated rings. The highest BCUT2D eigenvalue weighted by molar-refractivity contribution is 7.92. The number of amides is 1. The molecule has 0 saturated heterocycles. The van der Waals surface area contributed by atoms with Crippen LogP contribution in [0.15, 0.2) is 47.4 Å². The van der Waals surface area contributed by atoms with Gasteiger partial charge in [0.15, 0.2) is 0 Å². The molecule has 1 saturated carbocycles. The van der Waals surface area contributed by atoms with Crippen molar-refractivity contribution < 1.29 is 13.2 Å². The van der Waals surface area contributed by atoms with E-state index in [2.05, 4.69) is 25.4 Å². The van der Waals surface area contributed by atoms with Gasteiger partial charge >= 0.3 is 0 Å². The van der Waals surface area contributed by atoms with Crippen LogP contribution in [0.2, 0.25) is 5.02 Å². The molecule has 0 spiro atoms. The van der Waals surface area contributed by atoms with Crippen LogP contribution in [-0.2, 0) is 21.4 Å². The minimum atomic E-state index is -3.89. The number of para-hydroxylation sites is 1. The topological polar surface area (TPSA) is 119 Å². The van der Waals surface area contributed by atoms with E-state index in [1.165, 1.54) is 16.9 Å². The Balaban J connectivity index is 1.52. The lowest BCUT2D eigenvalue weighted by Crippen LogP contribution is -2.35. The van der Waals surface area contributed by atoms with E-state index in [0.29, 0.717) is 16.3 Å². The quantitative estimate of drug-likeness (QED) is 0.543. The van der Waals surface area contributed by atoms with Gasteiger partial charge in [-0.3, -0.25) is 9.52 Å². The highest BCUT2D eigenvalue weighted by Crippen LogP contribution is 2.28. The van der Waals surface area contributed by atoms with Crippen molar-refractivity contribution in [2.75, 3.05) is 4.72 Å². The molecule has 1 amide bonds. The van der Waals surface area contributed by atoms with Crippen molar-refractivity contribution in [1.82, 2.24) is 25.5 Å². The Morgan fingerprint density at radius 2 is 1.94 bits per heavy atom. The van der Waals surface area contributed by atoms with E-state index < -0.39 is 10.0 Å². The minimum absolute atomic E-state index is 0.0445. The number of anilines is 1. The number of benzene rings is 2. The summed E-state index contributed by atoms with van der Waals surface area (Å²) in [6.07, 6.45) is 4.22. The molecule has 2 aromatic carbocycles. The molecule has 1 aliphatic carbocycles. The lowest BCUT2D eigenvalue weighted by molar-refractivity contribution is -0.122. The summed E-state index contributed by atoms with van der Waals surface area (Å²) in [5.74, 6) is 0.0324. The van der Waals surface area contributed by atoms with Crippen LogP contribution in [0.5, 0.6) is 0 Å². The molecule has 0 unspecified atom stereocenters. The summed E-state index contributed by atoms with van der Waals surface area (Å²) in [5, 5.41) is 15.6. The molecule has 11 heteroatoms. The number of aromatic nitrogens is 4. The van der Waals surface area contributed by atoms with Crippen LogP contribution >= 0.6 is 11.6 Å². The smallest absolute Gasteiger partial charge is 0.261 e. The number of aryl methyl sites for hydroxylation is 1. The zero-order valence-electron chi connectivity index (χ0n) is 17.5. The van der Waals surface area contributed by atoms with Crippen molar-refractivity contribution >= 4 is 33.2 Å². The number of hydrogen-bond acceptors (Lipinski definition) is 6. The van der Waals surface area contributed by atoms with Crippen molar-refractivity contribution in [2.45, 2.75) is 50.1 Å². The molecule has 1 aromatic heterocycles. The predicted octanol–water partition coefficient (Wildman–Crippen LogP) is 3.16. The summed E-state index contributed by atoms with van der Waals surface area (Å²) < 4.78 is 28.3. The average Bonchev–Trinajstić information content (AvgIpc) is 3.42. The Bertz CT molecular complexity index is 1240. The van der Waals surface area contributed by atoms with Crippen LogP contribution in [0.3, 0.4) is 0 Å². The number of nitrogens with zero attached hydrogens (tertiary/aromatic N) is 4. The molecule has 1 aliphatic rings. The zero-order valence-corrected chi connectivity index (χ0v) is 19.0. The van der Waals surface area contributed by atoms with Gasteiger partial charge in [0.1, 0.15) is 6.54 Å². The Morgan fingerprint density at radius 3 is 2.69 bits per heavy atom. The number of sulfonamides is 1. The summed E-state index contributed by atoms with van der Waals surface area (Å²) in [4.78, 5) is 13.5. The normalized spacial score (nSPS) is 14.4. The molecule has 1 heterocycles. The number of nitrogens with one attached hydrogen (secondary N) is 2. The lowest BCUT2D eigenvalue weighted by Gasteiger charge is -2.12. The first-order valence-electron chi connectivity index (χ1n) is 10.3. The van der Waals surface area contributed by atoms with E-state index in [4.69, 9.17) is 11.6 Å². The molecular formula is C21H23ClN6O3S. The summed E-state index contributed by atoms with van der Waals surface area (Å²) >= 11 is 6.09. The molecule has 2 N–H and O–H groups in total. The summed E-state index contributed by atoms with van der Waals surface area (Å²) in [6.45, 7) is 1.74. The molecule has 3 aromatic rings. The lowest BCUT2D eigenvalue weighted by atomic mass is 10.2. The Kier molecular flexibility index (Phi) is 6.43. The van der Waals surface area contributed by atoms with Crippen molar-refractivity contribution in [3.05, 3.63) is 53.1 Å². The SMILES string of the molecule is Cc1ccc(S(=O)(=O)Nc2ccccc2-c2nnn(CC(=O)NC3CCCC3)n2)cc1Cl. The van der Waals surface area contributed by atoms with E-state index in [0.717, 1.165) is 31.2 Å². The summed E-state index contributed by atoms with van der Waals surface area (Å²) in [6, 6.07) is 11.5. The second-order valence-electron chi connectivity index (χ2n) is 7.75. The van der Waals surface area contributed by atoms with Gasteiger partial charge in [-0.05, 0) is 54.8 Å². The van der Waals surface area contributed by atoms with Crippen LogP contribution in [-0.4, -0.2) is 40.6 Å². The van der Waals surface area contributed by atoms with Crippen molar-refractivity contribution in [3.63, 3.8) is 0 Å². The highest BCUT2D eigenvalue weighted by Gasteiger charge is 2.21. The third kappa shape index (κ3) is 5.08. The molecule has 9 nitrogen and oxygen atoms in total. The van der Waals surface area contributed by atoms with Crippen LogP contribution in [0, 0.1) is 6.92 Å². The van der Waals surface area contributed by atoms with Gasteiger partial charge in [-0.15, -0.1) is 10.2 Å². The van der Waals surface area contributed by atoms with E-state index >= 15 is 0 Å². The fourth-order valence-corrected chi connectivity index (χ4v) is 4.95. The number of carbonyl (C=O) groups excluding carboxylic acids is 1. The third-order valence-corrected chi connectivity index (χ3v) is 7.09. The first kappa shape index (κ1) is 22.2. The molecule has 168 valence electrons. The van der Waals surface area contributed by atoms with Gasteiger partial charge in [-0.2, -0.15) is 4.80 Å². The maximum atomic E-state index is 12.9. The Morgan fingerprint density at radius 1 is 1.19 bits per heavy atom. The number of tetrazole rings is 1. The van der Waals surface area contributed by atoms with E-state index in [-0.39, 0.29) is 29.2 Å². The van der Waals surface area contributed by atoms with Crippen molar-refractivity contribution in [2.24, 2.45) is 0 Å². The number of hydrogen-bond donors (Lipinski definition) is 2. The van der Waals surface area contributed by atoms with E-state index in [1.807, 2.05) is 0 Å². The first-order chi connectivity index (χ1) is 15.3. The maximum absolute atomic E-state index is 12.9. The van der Waals surface area contributed by atoms with Crippen molar-refractivity contribution in [1.29, 1.82) is 0 Å². The average molecular weight is 475 g/mol. The number of carbonyl (C=O) groups is 1. The highest BCUT2D eigenvalue weighted by atomic mass is 35.5. The minimum Gasteiger partial charge on any atom is -0.352 e. The van der Waals surface area contributed by atoms with Crippen LogP contribution in [0.25, 0.3) is 11.4 Å². The van der Waals surface area contributed by atoms with Gasteiger partial charge in [-0.25, -0.2) is 8.42 Å². The van der Waals surface area contributed by atoms with Crippen LogP contribution in [0.1, 0.15) is 31.2 Å². The van der Waals surface area contributed by atoms with Gasteiger partial charge in [0.25, 0.3) is 10.0 Å². The van der Waals surface area contributed by atoms with Gasteiger partial charge in [0.05, 0.1) is 10.6 Å². The first-order valence-corrected chi connectivity index (χ1v) is 12.1. The van der Waals surface area contributed by atoms with Gasteiger partial charge < -0.3 is 5.32 Å². The molecule has 4 rings (SSSR count). The number of halogens is 1. The van der Waals surface area contributed by atoms with E-state index in [9.17, 15) is 13.2 Å². The molecule has 0 radical (unpaired) electrons. The third-order valence-electron chi connectivity index (χ3n) is 5.32. The fourth-order valence-electron chi connectivity index (χ4n) is 3.60. The Labute approximate surface area is 191 Å². The molecule has 0 aliphatic heterocycles. The molecular weight excluding hydrogens is 452 g/mol. The van der Waals surface area contributed by atoms with Crippen molar-refractivity contribution in [3.8, 4) is 11.4 Å². The van der Waals surface area contributed by atoms with Crippen LogP contribution < -0.4 is 10.0 Å². The van der Waals surface area contributed by atoms with E-state index in [1.54, 1.807) is 37.3 Å². The van der Waals surface area contributed by atoms with Gasteiger partial charge in [0.2, 0.25) is 11.7 Å². The number of rotatable bonds is 7.